The third-order valence-electron chi connectivity index (χ3n) is 4.86. The second kappa shape index (κ2) is 9.18. The molecule has 0 spiro atoms. The smallest absolute Gasteiger partial charge is 0.244 e. The first kappa shape index (κ1) is 21.0. The predicted molar refractivity (Wildman–Crippen MR) is 117 cm³/mol. The van der Waals surface area contributed by atoms with E-state index in [1.54, 1.807) is 24.3 Å². The third-order valence-corrected chi connectivity index (χ3v) is 6.73. The van der Waals surface area contributed by atoms with Crippen LogP contribution < -0.4 is 0 Å². The van der Waals surface area contributed by atoms with Crippen LogP contribution >= 0.6 is 0 Å². The van der Waals surface area contributed by atoms with Crippen LogP contribution in [0.25, 0.3) is 5.57 Å². The number of rotatable bonds is 8. The van der Waals surface area contributed by atoms with E-state index in [0.29, 0.717) is 5.57 Å². The molecule has 0 radical (unpaired) electrons. The van der Waals surface area contributed by atoms with Crippen LogP contribution in [-0.4, -0.2) is 31.0 Å². The van der Waals surface area contributed by atoms with E-state index >= 15 is 0 Å². The second-order valence-electron chi connectivity index (χ2n) is 6.94. The number of aliphatic hydroxyl groups is 1. The van der Waals surface area contributed by atoms with Gasteiger partial charge in [-0.05, 0) is 35.8 Å². The largest absolute Gasteiger partial charge is 0.394 e. The minimum atomic E-state index is -3.87. The van der Waals surface area contributed by atoms with Crippen LogP contribution in [0.2, 0.25) is 0 Å². The van der Waals surface area contributed by atoms with E-state index in [9.17, 15) is 13.5 Å². The molecule has 0 amide bonds. The Kier molecular flexibility index (Phi) is 6.64. The Balaban J connectivity index is 2.05. The van der Waals surface area contributed by atoms with Crippen molar-refractivity contribution in [1.82, 2.24) is 4.31 Å². The third kappa shape index (κ3) is 4.82. The zero-order valence-corrected chi connectivity index (χ0v) is 17.2. The molecule has 3 rings (SSSR count). The molecule has 0 bridgehead atoms. The van der Waals surface area contributed by atoms with E-state index in [1.807, 2.05) is 67.6 Å². The van der Waals surface area contributed by atoms with Crippen molar-refractivity contribution in [2.45, 2.75) is 17.9 Å². The van der Waals surface area contributed by atoms with Crippen molar-refractivity contribution in [2.24, 2.45) is 0 Å². The van der Waals surface area contributed by atoms with Crippen molar-refractivity contribution in [3.8, 4) is 0 Å². The van der Waals surface area contributed by atoms with Crippen LogP contribution in [0.5, 0.6) is 0 Å². The highest BCUT2D eigenvalue weighted by Crippen LogP contribution is 2.30. The number of aryl methyl sites for hydroxylation is 1. The minimum Gasteiger partial charge on any atom is -0.394 e. The summed E-state index contributed by atoms with van der Waals surface area (Å²) < 4.78 is 28.5. The molecule has 150 valence electrons. The van der Waals surface area contributed by atoms with Gasteiger partial charge in [0.15, 0.2) is 0 Å². The van der Waals surface area contributed by atoms with Gasteiger partial charge in [-0.15, -0.1) is 0 Å². The van der Waals surface area contributed by atoms with Crippen LogP contribution in [0, 0.1) is 6.92 Å². The first-order valence-electron chi connectivity index (χ1n) is 9.41. The van der Waals surface area contributed by atoms with Crippen LogP contribution in [0.4, 0.5) is 0 Å². The Bertz CT molecular complexity index is 1050. The maximum atomic E-state index is 13.6. The van der Waals surface area contributed by atoms with Crippen LogP contribution in [0.3, 0.4) is 0 Å². The lowest BCUT2D eigenvalue weighted by molar-refractivity contribution is 0.197. The zero-order chi connectivity index (χ0) is 20.9. The molecular formula is C24H25NO3S. The normalized spacial score (nSPS) is 12.7. The Morgan fingerprint density at radius 2 is 1.48 bits per heavy atom. The lowest BCUT2D eigenvalue weighted by atomic mass is 10.1. The summed E-state index contributed by atoms with van der Waals surface area (Å²) in [5.74, 6) is 0. The summed E-state index contributed by atoms with van der Waals surface area (Å²) in [7, 11) is -3.87. The minimum absolute atomic E-state index is 0.0698. The average molecular weight is 408 g/mol. The fourth-order valence-electron chi connectivity index (χ4n) is 3.20. The van der Waals surface area contributed by atoms with E-state index in [4.69, 9.17) is 0 Å². The molecule has 0 heterocycles. The molecule has 1 atom stereocenters. The number of hydrogen-bond acceptors (Lipinski definition) is 3. The molecular weight excluding hydrogens is 382 g/mol. The molecule has 3 aromatic carbocycles. The maximum absolute atomic E-state index is 13.6. The van der Waals surface area contributed by atoms with Gasteiger partial charge in [-0.1, -0.05) is 84.9 Å². The quantitative estimate of drug-likeness (QED) is 0.601. The number of nitrogens with zero attached hydrogens (tertiary/aromatic N) is 1. The molecule has 0 saturated heterocycles. The SMILES string of the molecule is C=C(CN(C(CO)c1ccccc1)S(=O)(=O)c1ccc(C)cc1)c1ccccc1. The van der Waals surface area contributed by atoms with Gasteiger partial charge >= 0.3 is 0 Å². The lowest BCUT2D eigenvalue weighted by Gasteiger charge is -2.31. The monoisotopic (exact) mass is 407 g/mol. The van der Waals surface area contributed by atoms with Crippen molar-refractivity contribution in [1.29, 1.82) is 0 Å². The molecule has 0 aliphatic rings. The van der Waals surface area contributed by atoms with Crippen LogP contribution in [0.1, 0.15) is 22.7 Å². The van der Waals surface area contributed by atoms with Crippen molar-refractivity contribution >= 4 is 15.6 Å². The van der Waals surface area contributed by atoms with Gasteiger partial charge in [-0.25, -0.2) is 8.42 Å². The molecule has 29 heavy (non-hydrogen) atoms. The predicted octanol–water partition coefficient (Wildman–Crippen LogP) is 4.43. The highest BCUT2D eigenvalue weighted by Gasteiger charge is 2.32. The fourth-order valence-corrected chi connectivity index (χ4v) is 4.80. The van der Waals surface area contributed by atoms with E-state index in [0.717, 1.165) is 16.7 Å². The van der Waals surface area contributed by atoms with Gasteiger partial charge in [0, 0.05) is 6.54 Å². The summed E-state index contributed by atoms with van der Waals surface area (Å²) in [4.78, 5) is 0.193. The molecule has 0 fully saturated rings. The Labute approximate surface area is 172 Å². The zero-order valence-electron chi connectivity index (χ0n) is 16.4. The summed E-state index contributed by atoms with van der Waals surface area (Å²) in [6, 6.07) is 24.7. The first-order chi connectivity index (χ1) is 13.9. The second-order valence-corrected chi connectivity index (χ2v) is 8.83. The number of hydrogen-bond donors (Lipinski definition) is 1. The fraction of sp³-hybridized carbons (Fsp3) is 0.167. The molecule has 0 aliphatic heterocycles. The molecule has 1 N–H and O–H groups in total. The van der Waals surface area contributed by atoms with E-state index in [2.05, 4.69) is 6.58 Å². The van der Waals surface area contributed by atoms with Gasteiger partial charge in [0.25, 0.3) is 0 Å². The van der Waals surface area contributed by atoms with Crippen molar-refractivity contribution < 1.29 is 13.5 Å². The number of benzene rings is 3. The van der Waals surface area contributed by atoms with E-state index in [-0.39, 0.29) is 18.0 Å². The highest BCUT2D eigenvalue weighted by molar-refractivity contribution is 7.89. The average Bonchev–Trinajstić information content (AvgIpc) is 2.75. The summed E-state index contributed by atoms with van der Waals surface area (Å²) in [6.07, 6.45) is 0. The molecule has 0 aliphatic carbocycles. The van der Waals surface area contributed by atoms with Crippen LogP contribution in [-0.2, 0) is 10.0 Å². The standard InChI is InChI=1S/C24H25NO3S/c1-19-13-15-23(16-14-19)29(27,28)25(17-20(2)21-9-5-3-6-10-21)24(18-26)22-11-7-4-8-12-22/h3-16,24,26H,2,17-18H2,1H3. The number of aliphatic hydroxyl groups excluding tert-OH is 1. The van der Waals surface area contributed by atoms with Gasteiger partial charge < -0.3 is 5.11 Å². The molecule has 3 aromatic rings. The van der Waals surface area contributed by atoms with Crippen molar-refractivity contribution in [3.63, 3.8) is 0 Å². The molecule has 5 heteroatoms. The van der Waals surface area contributed by atoms with Gasteiger partial charge in [0.05, 0.1) is 17.5 Å². The summed E-state index contributed by atoms with van der Waals surface area (Å²) in [5.41, 5.74) is 3.23. The topological polar surface area (TPSA) is 57.6 Å². The van der Waals surface area contributed by atoms with Crippen LogP contribution in [0.15, 0.2) is 96.4 Å². The highest BCUT2D eigenvalue weighted by atomic mass is 32.2. The molecule has 1 unspecified atom stereocenters. The molecule has 0 saturated carbocycles. The first-order valence-corrected chi connectivity index (χ1v) is 10.8. The Morgan fingerprint density at radius 3 is 2.03 bits per heavy atom. The van der Waals surface area contributed by atoms with E-state index in [1.165, 1.54) is 4.31 Å². The maximum Gasteiger partial charge on any atom is 0.244 e. The number of sulfonamides is 1. The Morgan fingerprint density at radius 1 is 0.931 bits per heavy atom. The summed E-state index contributed by atoms with van der Waals surface area (Å²) in [5, 5.41) is 10.2. The van der Waals surface area contributed by atoms with Gasteiger partial charge in [0.1, 0.15) is 0 Å². The van der Waals surface area contributed by atoms with Crippen molar-refractivity contribution in [3.05, 3.63) is 108 Å². The Hall–Kier alpha value is -2.73. The van der Waals surface area contributed by atoms with Gasteiger partial charge in [-0.3, -0.25) is 0 Å². The van der Waals surface area contributed by atoms with Gasteiger partial charge in [0.2, 0.25) is 10.0 Å². The summed E-state index contributed by atoms with van der Waals surface area (Å²) in [6.45, 7) is 5.75. The van der Waals surface area contributed by atoms with Crippen molar-refractivity contribution in [2.75, 3.05) is 13.2 Å². The van der Waals surface area contributed by atoms with Gasteiger partial charge in [-0.2, -0.15) is 4.31 Å². The molecule has 0 aromatic heterocycles. The summed E-state index contributed by atoms with van der Waals surface area (Å²) >= 11 is 0. The van der Waals surface area contributed by atoms with E-state index < -0.39 is 16.1 Å². The molecule has 4 nitrogen and oxygen atoms in total. The lowest BCUT2D eigenvalue weighted by Crippen LogP contribution is -2.38.